The van der Waals surface area contributed by atoms with Crippen LogP contribution in [-0.4, -0.2) is 44.0 Å². The Bertz CT molecular complexity index is 1530. The largest absolute Gasteiger partial charge is 0.459 e. The fourth-order valence-corrected chi connectivity index (χ4v) is 4.86. The summed E-state index contributed by atoms with van der Waals surface area (Å²) in [7, 11) is -3.39. The number of fused-ring (bicyclic) bond motifs is 1. The van der Waals surface area contributed by atoms with E-state index in [0.717, 1.165) is 20.1 Å². The topological polar surface area (TPSA) is 112 Å². The van der Waals surface area contributed by atoms with Crippen molar-refractivity contribution in [2.75, 3.05) is 6.26 Å². The Morgan fingerprint density at radius 2 is 1.69 bits per heavy atom. The molecule has 3 aromatic rings. The third-order valence-electron chi connectivity index (χ3n) is 6.47. The molecule has 2 aromatic carbocycles. The number of halogens is 4. The first-order chi connectivity index (χ1) is 18.0. The number of hydrogen-bond acceptors (Lipinski definition) is 6. The normalized spacial score (nSPS) is 16.9. The standard InChI is InChI=1S/C27H27F4N3O4S/c1-25(2,28)14-20(24(35)34-26(15-32)10-11-26)33-23(27(29,30)31)22-13-18-5-4-17(12-21(18)38-22)16-6-8-19(9-7-16)39(3,36)37/h4-9,12-13,20,23,33H,10-11,14H2,1-3H3,(H,34,35)/t20-,23-/m0/s1. The van der Waals surface area contributed by atoms with Crippen molar-refractivity contribution in [3.63, 3.8) is 0 Å². The van der Waals surface area contributed by atoms with E-state index in [1.165, 1.54) is 24.3 Å². The van der Waals surface area contributed by atoms with E-state index in [-0.39, 0.29) is 10.5 Å². The number of hydrogen-bond donors (Lipinski definition) is 2. The van der Waals surface area contributed by atoms with Crippen molar-refractivity contribution in [2.45, 2.75) is 67.5 Å². The second kappa shape index (κ2) is 9.95. The average Bonchev–Trinajstić information content (AvgIpc) is 3.47. The summed E-state index contributed by atoms with van der Waals surface area (Å²) < 4.78 is 86.2. The van der Waals surface area contributed by atoms with Gasteiger partial charge in [0.2, 0.25) is 5.91 Å². The van der Waals surface area contributed by atoms with Crippen LogP contribution in [0.3, 0.4) is 0 Å². The van der Waals surface area contributed by atoms with Gasteiger partial charge in [-0.2, -0.15) is 18.4 Å². The number of sulfone groups is 1. The van der Waals surface area contributed by atoms with E-state index in [0.29, 0.717) is 29.4 Å². The maximum Gasteiger partial charge on any atom is 0.411 e. The molecular weight excluding hydrogens is 538 g/mol. The molecule has 0 unspecified atom stereocenters. The molecule has 12 heteroatoms. The van der Waals surface area contributed by atoms with Crippen molar-refractivity contribution in [3.05, 3.63) is 54.3 Å². The molecule has 0 aliphatic heterocycles. The number of carbonyl (C=O) groups is 1. The van der Waals surface area contributed by atoms with E-state index in [9.17, 15) is 36.0 Å². The molecule has 1 aliphatic carbocycles. The highest BCUT2D eigenvalue weighted by molar-refractivity contribution is 7.90. The second-order valence-electron chi connectivity index (χ2n) is 10.5. The maximum absolute atomic E-state index is 14.5. The van der Waals surface area contributed by atoms with Crippen LogP contribution in [0.5, 0.6) is 0 Å². The lowest BCUT2D eigenvalue weighted by molar-refractivity contribution is -0.165. The van der Waals surface area contributed by atoms with Crippen LogP contribution in [0.15, 0.2) is 57.8 Å². The van der Waals surface area contributed by atoms with E-state index in [1.54, 1.807) is 24.3 Å². The molecule has 0 spiro atoms. The first-order valence-corrected chi connectivity index (χ1v) is 14.0. The van der Waals surface area contributed by atoms with E-state index in [4.69, 9.17) is 4.42 Å². The van der Waals surface area contributed by atoms with E-state index >= 15 is 0 Å². The molecule has 1 amide bonds. The van der Waals surface area contributed by atoms with E-state index in [2.05, 4.69) is 10.6 Å². The van der Waals surface area contributed by atoms with Crippen LogP contribution in [0.4, 0.5) is 17.6 Å². The number of nitriles is 1. The minimum atomic E-state index is -4.90. The molecular formula is C27H27F4N3O4S. The maximum atomic E-state index is 14.5. The van der Waals surface area contributed by atoms with Crippen molar-refractivity contribution in [1.82, 2.24) is 10.6 Å². The van der Waals surface area contributed by atoms with Crippen LogP contribution in [-0.2, 0) is 14.6 Å². The van der Waals surface area contributed by atoms with Gasteiger partial charge in [-0.05, 0) is 62.1 Å². The zero-order chi connectivity index (χ0) is 28.8. The Kier molecular flexibility index (Phi) is 7.29. The number of nitrogens with one attached hydrogen (secondary N) is 2. The summed E-state index contributed by atoms with van der Waals surface area (Å²) in [6, 6.07) is 9.88. The van der Waals surface area contributed by atoms with Crippen molar-refractivity contribution in [1.29, 1.82) is 5.26 Å². The number of benzene rings is 2. The quantitative estimate of drug-likeness (QED) is 0.337. The molecule has 1 aliphatic rings. The lowest BCUT2D eigenvalue weighted by Gasteiger charge is -2.29. The Morgan fingerprint density at radius 1 is 1.08 bits per heavy atom. The van der Waals surface area contributed by atoms with Crippen molar-refractivity contribution >= 4 is 26.7 Å². The predicted octanol–water partition coefficient (Wildman–Crippen LogP) is 5.38. The molecule has 1 heterocycles. The Balaban J connectivity index is 1.65. The molecule has 0 radical (unpaired) electrons. The third kappa shape index (κ3) is 6.78. The number of carbonyl (C=O) groups excluding carboxylic acids is 1. The summed E-state index contributed by atoms with van der Waals surface area (Å²) in [5, 5.41) is 14.3. The van der Waals surface area contributed by atoms with Gasteiger partial charge < -0.3 is 9.73 Å². The molecule has 39 heavy (non-hydrogen) atoms. The van der Waals surface area contributed by atoms with Gasteiger partial charge in [-0.15, -0.1) is 0 Å². The minimum Gasteiger partial charge on any atom is -0.459 e. The third-order valence-corrected chi connectivity index (χ3v) is 7.60. The van der Waals surface area contributed by atoms with Crippen LogP contribution in [0, 0.1) is 11.3 Å². The molecule has 4 rings (SSSR count). The zero-order valence-electron chi connectivity index (χ0n) is 21.4. The van der Waals surface area contributed by atoms with Gasteiger partial charge in [0.05, 0.1) is 17.0 Å². The van der Waals surface area contributed by atoms with Gasteiger partial charge in [0.25, 0.3) is 0 Å². The van der Waals surface area contributed by atoms with Crippen LogP contribution in [0.1, 0.15) is 44.9 Å². The summed E-state index contributed by atoms with van der Waals surface area (Å²) in [5.74, 6) is -1.41. The molecule has 0 saturated heterocycles. The molecule has 1 aromatic heterocycles. The van der Waals surface area contributed by atoms with E-state index < -0.39 is 57.4 Å². The molecule has 2 N–H and O–H groups in total. The molecule has 1 saturated carbocycles. The highest BCUT2D eigenvalue weighted by Crippen LogP contribution is 2.38. The van der Waals surface area contributed by atoms with Gasteiger partial charge >= 0.3 is 6.18 Å². The highest BCUT2D eigenvalue weighted by atomic mass is 32.2. The fraction of sp³-hybridized carbons (Fsp3) is 0.407. The highest BCUT2D eigenvalue weighted by Gasteiger charge is 2.49. The number of alkyl halides is 4. The fourth-order valence-electron chi connectivity index (χ4n) is 4.23. The Morgan fingerprint density at radius 3 is 2.21 bits per heavy atom. The SMILES string of the molecule is CC(C)(F)C[C@H](N[C@@H](c1cc2ccc(-c3ccc(S(C)(=O)=O)cc3)cc2o1)C(F)(F)F)C(=O)NC1(C#N)CC1. The number of rotatable bonds is 9. The van der Waals surface area contributed by atoms with Gasteiger partial charge in [0.15, 0.2) is 15.9 Å². The summed E-state index contributed by atoms with van der Waals surface area (Å²) in [6.07, 6.45) is -3.65. The zero-order valence-corrected chi connectivity index (χ0v) is 22.2. The summed E-state index contributed by atoms with van der Waals surface area (Å²) >= 11 is 0. The lowest BCUT2D eigenvalue weighted by Crippen LogP contribution is -2.53. The van der Waals surface area contributed by atoms with Gasteiger partial charge in [-0.3, -0.25) is 10.1 Å². The van der Waals surface area contributed by atoms with Crippen LogP contribution in [0.25, 0.3) is 22.1 Å². The molecule has 208 valence electrons. The number of amides is 1. The molecule has 7 nitrogen and oxygen atoms in total. The monoisotopic (exact) mass is 565 g/mol. The van der Waals surface area contributed by atoms with Crippen molar-refractivity contribution < 1.29 is 35.2 Å². The first-order valence-electron chi connectivity index (χ1n) is 12.1. The van der Waals surface area contributed by atoms with Gasteiger partial charge in [0.1, 0.15) is 22.6 Å². The number of furan rings is 1. The van der Waals surface area contributed by atoms with Crippen LogP contribution in [0.2, 0.25) is 0 Å². The predicted molar refractivity (Wildman–Crippen MR) is 136 cm³/mol. The Labute approximate surface area is 223 Å². The smallest absolute Gasteiger partial charge is 0.411 e. The summed E-state index contributed by atoms with van der Waals surface area (Å²) in [5.41, 5.74) is -1.77. The molecule has 1 fully saturated rings. The minimum absolute atomic E-state index is 0.129. The molecule has 0 bridgehead atoms. The van der Waals surface area contributed by atoms with E-state index in [1.807, 2.05) is 6.07 Å². The lowest BCUT2D eigenvalue weighted by atomic mass is 9.98. The van der Waals surface area contributed by atoms with Gasteiger partial charge in [-0.1, -0.05) is 24.3 Å². The van der Waals surface area contributed by atoms with Crippen molar-refractivity contribution in [2.24, 2.45) is 0 Å². The summed E-state index contributed by atoms with van der Waals surface area (Å²) in [4.78, 5) is 13.0. The first kappa shape index (κ1) is 28.6. The average molecular weight is 566 g/mol. The van der Waals surface area contributed by atoms with Gasteiger partial charge in [-0.25, -0.2) is 12.8 Å². The van der Waals surface area contributed by atoms with Crippen LogP contribution < -0.4 is 10.6 Å². The summed E-state index contributed by atoms with van der Waals surface area (Å²) in [6.45, 7) is 2.31. The number of nitrogens with zero attached hydrogens (tertiary/aromatic N) is 1. The van der Waals surface area contributed by atoms with Crippen LogP contribution >= 0.6 is 0 Å². The second-order valence-corrected chi connectivity index (χ2v) is 12.5. The molecule has 2 atom stereocenters. The van der Waals surface area contributed by atoms with Gasteiger partial charge in [0, 0.05) is 18.1 Å². The Hall–Kier alpha value is -3.43. The van der Waals surface area contributed by atoms with Crippen molar-refractivity contribution in [3.8, 4) is 17.2 Å².